The van der Waals surface area contributed by atoms with Crippen molar-refractivity contribution >= 4 is 11.8 Å². The van der Waals surface area contributed by atoms with E-state index in [2.05, 4.69) is 4.98 Å². The fourth-order valence-electron chi connectivity index (χ4n) is 0.880. The fraction of sp³-hybridized carbons (Fsp3) is 0.333. The number of alkyl halides is 6. The first-order valence-corrected chi connectivity index (χ1v) is 4.46. The summed E-state index contributed by atoms with van der Waals surface area (Å²) in [4.78, 5) is 12.4. The quantitative estimate of drug-likeness (QED) is 0.720. The number of carboxylic acid groups (broad SMARTS) is 1. The van der Waals surface area contributed by atoms with Crippen molar-refractivity contribution in [3.05, 3.63) is 23.4 Å². The van der Waals surface area contributed by atoms with Gasteiger partial charge in [-0.25, -0.2) is 9.78 Å². The van der Waals surface area contributed by atoms with Gasteiger partial charge < -0.3 is 10.8 Å². The summed E-state index contributed by atoms with van der Waals surface area (Å²) in [7, 11) is 0. The van der Waals surface area contributed by atoms with Gasteiger partial charge in [-0.1, -0.05) is 0 Å². The van der Waals surface area contributed by atoms with Crippen LogP contribution < -0.4 is 5.73 Å². The average Bonchev–Trinajstić information content (AvgIpc) is 2.14. The number of pyridine rings is 1. The summed E-state index contributed by atoms with van der Waals surface area (Å²) >= 11 is 0. The third kappa shape index (κ3) is 5.93. The number of halogens is 6. The highest BCUT2D eigenvalue weighted by Gasteiger charge is 2.38. The van der Waals surface area contributed by atoms with Gasteiger partial charge in [-0.05, 0) is 19.1 Å². The number of carbonyl (C=O) groups is 1. The van der Waals surface area contributed by atoms with Crippen LogP contribution in [0.15, 0.2) is 12.1 Å². The number of anilines is 1. The molecule has 10 heteroatoms. The molecule has 0 atom stereocenters. The summed E-state index contributed by atoms with van der Waals surface area (Å²) in [6.07, 6.45) is -9.43. The molecule has 0 saturated heterocycles. The molecule has 0 fully saturated rings. The SMILES string of the molecule is Cc1nc(N)ccc1C(F)(F)F.O=C(O)C(F)(F)F. The maximum absolute atomic E-state index is 12.1. The molecule has 0 bridgehead atoms. The van der Waals surface area contributed by atoms with Crippen LogP contribution in [-0.4, -0.2) is 22.2 Å². The lowest BCUT2D eigenvalue weighted by Gasteiger charge is -2.08. The lowest BCUT2D eigenvalue weighted by atomic mass is 10.2. The predicted molar refractivity (Wildman–Crippen MR) is 52.1 cm³/mol. The molecule has 0 amide bonds. The second kappa shape index (κ2) is 5.76. The zero-order chi connectivity index (χ0) is 15.4. The molecular weight excluding hydrogens is 282 g/mol. The van der Waals surface area contributed by atoms with Gasteiger partial charge in [0.1, 0.15) is 5.82 Å². The molecule has 108 valence electrons. The Morgan fingerprint density at radius 2 is 1.63 bits per heavy atom. The molecule has 19 heavy (non-hydrogen) atoms. The molecule has 4 nitrogen and oxygen atoms in total. The molecule has 1 rings (SSSR count). The Hall–Kier alpha value is -2.00. The zero-order valence-electron chi connectivity index (χ0n) is 9.30. The van der Waals surface area contributed by atoms with Crippen LogP contribution in [0.5, 0.6) is 0 Å². The smallest absolute Gasteiger partial charge is 0.475 e. The highest BCUT2D eigenvalue weighted by molar-refractivity contribution is 5.73. The van der Waals surface area contributed by atoms with Gasteiger partial charge >= 0.3 is 18.3 Å². The Morgan fingerprint density at radius 3 is 1.89 bits per heavy atom. The summed E-state index contributed by atoms with van der Waals surface area (Å²) in [5.41, 5.74) is 4.36. The molecular formula is C9H8F6N2O2. The van der Waals surface area contributed by atoms with Crippen LogP contribution in [0, 0.1) is 6.92 Å². The number of nitrogens with zero attached hydrogens (tertiary/aromatic N) is 1. The lowest BCUT2D eigenvalue weighted by molar-refractivity contribution is -0.192. The van der Waals surface area contributed by atoms with Crippen molar-refractivity contribution in [3.63, 3.8) is 0 Å². The van der Waals surface area contributed by atoms with Crippen molar-refractivity contribution in [1.82, 2.24) is 4.98 Å². The van der Waals surface area contributed by atoms with Crippen molar-refractivity contribution < 1.29 is 36.2 Å². The summed E-state index contributed by atoms with van der Waals surface area (Å²) in [5, 5.41) is 7.12. The van der Waals surface area contributed by atoms with Crippen LogP contribution in [0.4, 0.5) is 32.2 Å². The number of aryl methyl sites for hydroxylation is 1. The van der Waals surface area contributed by atoms with Crippen LogP contribution in [-0.2, 0) is 11.0 Å². The van der Waals surface area contributed by atoms with Crippen LogP contribution in [0.3, 0.4) is 0 Å². The molecule has 0 aromatic carbocycles. The molecule has 0 aliphatic heterocycles. The van der Waals surface area contributed by atoms with Crippen LogP contribution in [0.1, 0.15) is 11.3 Å². The fourth-order valence-corrected chi connectivity index (χ4v) is 0.880. The number of aromatic nitrogens is 1. The van der Waals surface area contributed by atoms with E-state index in [1.165, 1.54) is 6.92 Å². The zero-order valence-corrected chi connectivity index (χ0v) is 9.30. The van der Waals surface area contributed by atoms with Gasteiger partial charge in [0.05, 0.1) is 11.3 Å². The van der Waals surface area contributed by atoms with E-state index >= 15 is 0 Å². The summed E-state index contributed by atoms with van der Waals surface area (Å²) < 4.78 is 68.0. The summed E-state index contributed by atoms with van der Waals surface area (Å²) in [5.74, 6) is -2.66. The minimum absolute atomic E-state index is 0.0949. The van der Waals surface area contributed by atoms with Crippen LogP contribution in [0.25, 0.3) is 0 Å². The largest absolute Gasteiger partial charge is 0.490 e. The normalized spacial score (nSPS) is 11.5. The Bertz CT molecular complexity index is 455. The second-order valence-corrected chi connectivity index (χ2v) is 3.17. The lowest BCUT2D eigenvalue weighted by Crippen LogP contribution is -2.21. The van der Waals surface area contributed by atoms with Gasteiger partial charge in [-0.3, -0.25) is 0 Å². The summed E-state index contributed by atoms with van der Waals surface area (Å²) in [6.45, 7) is 1.28. The Labute approximate surface area is 102 Å². The van der Waals surface area contributed by atoms with E-state index in [1.54, 1.807) is 0 Å². The molecule has 1 aromatic rings. The first-order valence-electron chi connectivity index (χ1n) is 4.46. The van der Waals surface area contributed by atoms with E-state index < -0.39 is 23.9 Å². The minimum Gasteiger partial charge on any atom is -0.475 e. The maximum atomic E-state index is 12.1. The number of aliphatic carboxylic acids is 1. The third-order valence-corrected chi connectivity index (χ3v) is 1.66. The minimum atomic E-state index is -5.08. The third-order valence-electron chi connectivity index (χ3n) is 1.66. The van der Waals surface area contributed by atoms with E-state index in [9.17, 15) is 26.3 Å². The average molecular weight is 290 g/mol. The number of carboxylic acids is 1. The van der Waals surface area contributed by atoms with E-state index in [0.29, 0.717) is 0 Å². The number of hydrogen-bond donors (Lipinski definition) is 2. The Balaban J connectivity index is 0.000000399. The van der Waals surface area contributed by atoms with E-state index in [0.717, 1.165) is 12.1 Å². The van der Waals surface area contributed by atoms with E-state index in [-0.39, 0.29) is 11.5 Å². The maximum Gasteiger partial charge on any atom is 0.490 e. The van der Waals surface area contributed by atoms with Gasteiger partial charge in [-0.2, -0.15) is 26.3 Å². The van der Waals surface area contributed by atoms with Crippen molar-refractivity contribution in [1.29, 1.82) is 0 Å². The van der Waals surface area contributed by atoms with E-state index in [1.807, 2.05) is 0 Å². The van der Waals surface area contributed by atoms with Gasteiger partial charge in [0, 0.05) is 0 Å². The molecule has 0 unspecified atom stereocenters. The number of hydrogen-bond acceptors (Lipinski definition) is 3. The van der Waals surface area contributed by atoms with Gasteiger partial charge in [0.2, 0.25) is 0 Å². The number of rotatable bonds is 0. The number of nitrogen functional groups attached to an aromatic ring is 1. The highest BCUT2D eigenvalue weighted by Crippen LogP contribution is 2.31. The van der Waals surface area contributed by atoms with E-state index in [4.69, 9.17) is 15.6 Å². The van der Waals surface area contributed by atoms with Crippen molar-refractivity contribution in [2.45, 2.75) is 19.3 Å². The van der Waals surface area contributed by atoms with Gasteiger partial charge in [-0.15, -0.1) is 0 Å². The second-order valence-electron chi connectivity index (χ2n) is 3.17. The van der Waals surface area contributed by atoms with Crippen molar-refractivity contribution in [2.75, 3.05) is 5.73 Å². The Kier molecular flexibility index (Phi) is 5.15. The molecule has 0 saturated carbocycles. The monoisotopic (exact) mass is 290 g/mol. The molecule has 0 spiro atoms. The van der Waals surface area contributed by atoms with Crippen LogP contribution >= 0.6 is 0 Å². The summed E-state index contributed by atoms with van der Waals surface area (Å²) in [6, 6.07) is 2.06. The molecule has 0 aliphatic rings. The van der Waals surface area contributed by atoms with Crippen molar-refractivity contribution in [3.8, 4) is 0 Å². The Morgan fingerprint density at radius 1 is 1.21 bits per heavy atom. The first kappa shape index (κ1) is 17.0. The number of nitrogens with two attached hydrogens (primary N) is 1. The first-order chi connectivity index (χ1) is 8.35. The molecule has 3 N–H and O–H groups in total. The van der Waals surface area contributed by atoms with Gasteiger partial charge in [0.15, 0.2) is 0 Å². The van der Waals surface area contributed by atoms with Crippen LogP contribution in [0.2, 0.25) is 0 Å². The highest BCUT2D eigenvalue weighted by atomic mass is 19.4. The van der Waals surface area contributed by atoms with Crippen molar-refractivity contribution in [2.24, 2.45) is 0 Å². The standard InChI is InChI=1S/C7H7F3N2.C2HF3O2/c1-4-5(7(8,9)10)2-3-6(11)12-4;3-2(4,5)1(6)7/h2-3H,1H3,(H2,11,12);(H,6,7). The molecule has 0 aliphatic carbocycles. The predicted octanol–water partition coefficient (Wildman–Crippen LogP) is 2.62. The molecule has 1 aromatic heterocycles. The molecule has 1 heterocycles. The topological polar surface area (TPSA) is 76.2 Å². The molecule has 0 radical (unpaired) electrons. The van der Waals surface area contributed by atoms with Gasteiger partial charge in [0.25, 0.3) is 0 Å².